The maximum atomic E-state index is 12.7. The van der Waals surface area contributed by atoms with Crippen LogP contribution in [0.15, 0.2) is 24.3 Å². The summed E-state index contributed by atoms with van der Waals surface area (Å²) in [6, 6.07) is 4.70. The number of hydrogen-bond acceptors (Lipinski definition) is 7. The lowest BCUT2D eigenvalue weighted by Crippen LogP contribution is -2.36. The molecule has 2 heterocycles. The van der Waals surface area contributed by atoms with Gasteiger partial charge in [-0.15, -0.1) is 0 Å². The quantitative estimate of drug-likeness (QED) is 0.201. The molecule has 0 spiro atoms. The summed E-state index contributed by atoms with van der Waals surface area (Å²) in [7, 11) is 0. The van der Waals surface area contributed by atoms with Gasteiger partial charge in [0.25, 0.3) is 17.5 Å². The molecule has 10 nitrogen and oxygen atoms in total. The van der Waals surface area contributed by atoms with Crippen molar-refractivity contribution in [3.05, 3.63) is 62.5 Å². The number of alkyl halides is 3. The normalized spacial score (nSPS) is 13.3. The Bertz CT molecular complexity index is 1200. The molecule has 0 saturated heterocycles. The molecule has 0 saturated carbocycles. The van der Waals surface area contributed by atoms with Gasteiger partial charge >= 0.3 is 12.1 Å². The van der Waals surface area contributed by atoms with Crippen molar-refractivity contribution in [3.8, 4) is 0 Å². The number of Topliss-reactive ketones (excluding diaryl/α,β-unsaturated/α-hetero) is 1. The number of rotatable bonds is 7. The Balaban J connectivity index is 1.67. The number of aromatic nitrogens is 1. The Morgan fingerprint density at radius 2 is 1.82 bits per heavy atom. The van der Waals surface area contributed by atoms with Crippen LogP contribution >= 0.6 is 0 Å². The van der Waals surface area contributed by atoms with E-state index in [1.807, 2.05) is 0 Å². The van der Waals surface area contributed by atoms with Crippen molar-refractivity contribution in [2.24, 2.45) is 0 Å². The van der Waals surface area contributed by atoms with Crippen LogP contribution in [0.25, 0.3) is 0 Å². The van der Waals surface area contributed by atoms with Gasteiger partial charge in [0.2, 0.25) is 5.78 Å². The molecule has 0 bridgehead atoms. The fraction of sp³-hybridized carbons (Fsp3) is 0.300. The summed E-state index contributed by atoms with van der Waals surface area (Å²) >= 11 is 0. The Morgan fingerprint density at radius 1 is 1.15 bits per heavy atom. The smallest absolute Gasteiger partial charge is 0.406 e. The van der Waals surface area contributed by atoms with Crippen LogP contribution in [0, 0.1) is 24.0 Å². The summed E-state index contributed by atoms with van der Waals surface area (Å²) < 4.78 is 43.9. The van der Waals surface area contributed by atoms with Gasteiger partial charge in [-0.25, -0.2) is 0 Å². The number of carbonyl (C=O) groups excluding carboxylic acids is 4. The van der Waals surface area contributed by atoms with Gasteiger partial charge in [-0.1, -0.05) is 6.07 Å². The van der Waals surface area contributed by atoms with Gasteiger partial charge in [0.05, 0.1) is 10.5 Å². The van der Waals surface area contributed by atoms with E-state index in [1.54, 1.807) is 0 Å². The summed E-state index contributed by atoms with van der Waals surface area (Å²) in [6.07, 6.45) is -4.50. The number of hydrogen-bond donors (Lipinski definition) is 0. The highest BCUT2D eigenvalue weighted by Crippen LogP contribution is 2.30. The number of carbonyl (C=O) groups is 4. The summed E-state index contributed by atoms with van der Waals surface area (Å²) in [4.78, 5) is 60.1. The molecule has 0 radical (unpaired) electrons. The monoisotopic (exact) mass is 467 g/mol. The first-order valence-corrected chi connectivity index (χ1v) is 9.37. The molecule has 0 N–H and O–H groups in total. The largest absolute Gasteiger partial charge is 0.456 e. The number of esters is 1. The number of nitrogens with zero attached hydrogens (tertiary/aromatic N) is 3. The van der Waals surface area contributed by atoms with Gasteiger partial charge in [0, 0.05) is 23.0 Å². The molecule has 1 aliphatic rings. The third kappa shape index (κ3) is 4.61. The maximum Gasteiger partial charge on any atom is 0.406 e. The van der Waals surface area contributed by atoms with E-state index in [2.05, 4.69) is 0 Å². The minimum Gasteiger partial charge on any atom is -0.456 e. The Kier molecular flexibility index (Phi) is 6.07. The fourth-order valence-corrected chi connectivity index (χ4v) is 3.52. The van der Waals surface area contributed by atoms with Gasteiger partial charge in [0.1, 0.15) is 18.7 Å². The van der Waals surface area contributed by atoms with E-state index in [0.29, 0.717) is 4.90 Å². The molecule has 2 aromatic rings. The van der Waals surface area contributed by atoms with Crippen molar-refractivity contribution in [2.45, 2.75) is 26.6 Å². The highest BCUT2D eigenvalue weighted by molar-refractivity contribution is 6.24. The van der Waals surface area contributed by atoms with Crippen LogP contribution in [0.1, 0.15) is 42.5 Å². The molecule has 33 heavy (non-hydrogen) atoms. The molecule has 1 aromatic heterocycles. The molecule has 0 atom stereocenters. The summed E-state index contributed by atoms with van der Waals surface area (Å²) in [5, 5.41) is 11.1. The van der Waals surface area contributed by atoms with E-state index in [9.17, 15) is 42.5 Å². The van der Waals surface area contributed by atoms with Crippen LogP contribution < -0.4 is 0 Å². The Hall–Kier alpha value is -4.03. The van der Waals surface area contributed by atoms with Gasteiger partial charge < -0.3 is 9.30 Å². The predicted octanol–water partition coefficient (Wildman–Crippen LogP) is 2.60. The number of nitro benzene ring substituents is 1. The van der Waals surface area contributed by atoms with Gasteiger partial charge in [-0.3, -0.25) is 34.2 Å². The lowest BCUT2D eigenvalue weighted by atomic mass is 10.1. The number of benzene rings is 1. The molecule has 1 aromatic carbocycles. The second kappa shape index (κ2) is 8.48. The van der Waals surface area contributed by atoms with Crippen molar-refractivity contribution in [2.75, 3.05) is 13.2 Å². The van der Waals surface area contributed by atoms with Crippen LogP contribution in [0.3, 0.4) is 0 Å². The average Bonchev–Trinajstić information content (AvgIpc) is 3.13. The lowest BCUT2D eigenvalue weighted by Gasteiger charge is -2.13. The van der Waals surface area contributed by atoms with Crippen LogP contribution in [-0.2, 0) is 16.1 Å². The van der Waals surface area contributed by atoms with Crippen LogP contribution in [0.2, 0.25) is 0 Å². The zero-order chi connectivity index (χ0) is 24.7. The first-order chi connectivity index (χ1) is 15.3. The van der Waals surface area contributed by atoms with Crippen molar-refractivity contribution in [1.29, 1.82) is 0 Å². The first kappa shape index (κ1) is 23.6. The number of aryl methyl sites for hydroxylation is 1. The molecule has 3 rings (SSSR count). The average molecular weight is 467 g/mol. The summed E-state index contributed by atoms with van der Waals surface area (Å²) in [5.74, 6) is -3.91. The molecule has 0 fully saturated rings. The minimum atomic E-state index is -4.50. The van der Waals surface area contributed by atoms with Crippen molar-refractivity contribution >= 4 is 29.3 Å². The molecular weight excluding hydrogens is 451 g/mol. The highest BCUT2D eigenvalue weighted by atomic mass is 19.4. The number of nitro groups is 1. The predicted molar refractivity (Wildman–Crippen MR) is 104 cm³/mol. The number of ether oxygens (including phenoxy) is 1. The molecule has 0 aliphatic carbocycles. The summed E-state index contributed by atoms with van der Waals surface area (Å²) in [5.41, 5.74) is -1.12. The SMILES string of the molecule is Cc1cc(C(=O)COC(=O)CN2C(=O)c3cccc([N+](=O)[O-])c3C2=O)c(C)n1CC(F)(F)F. The first-order valence-electron chi connectivity index (χ1n) is 9.37. The van der Waals surface area contributed by atoms with Gasteiger partial charge in [0.15, 0.2) is 6.61 Å². The molecular formula is C20H16F3N3O7. The second-order valence-electron chi connectivity index (χ2n) is 7.22. The molecule has 174 valence electrons. The van der Waals surface area contributed by atoms with Crippen LogP contribution in [0.4, 0.5) is 18.9 Å². The minimum absolute atomic E-state index is 0.0403. The fourth-order valence-electron chi connectivity index (χ4n) is 3.52. The zero-order valence-electron chi connectivity index (χ0n) is 17.3. The van der Waals surface area contributed by atoms with E-state index in [-0.39, 0.29) is 22.5 Å². The number of fused-ring (bicyclic) bond motifs is 1. The van der Waals surface area contributed by atoms with E-state index >= 15 is 0 Å². The summed E-state index contributed by atoms with van der Waals surface area (Å²) in [6.45, 7) is -0.311. The van der Waals surface area contributed by atoms with Crippen molar-refractivity contribution in [1.82, 2.24) is 9.47 Å². The van der Waals surface area contributed by atoms with E-state index < -0.39 is 65.6 Å². The van der Waals surface area contributed by atoms with Gasteiger partial charge in [-0.2, -0.15) is 13.2 Å². The van der Waals surface area contributed by atoms with E-state index in [1.165, 1.54) is 32.0 Å². The number of imide groups is 1. The maximum absolute atomic E-state index is 12.7. The zero-order valence-corrected chi connectivity index (χ0v) is 17.3. The Morgan fingerprint density at radius 3 is 2.42 bits per heavy atom. The van der Waals surface area contributed by atoms with E-state index in [4.69, 9.17) is 4.74 Å². The van der Waals surface area contributed by atoms with Gasteiger partial charge in [-0.05, 0) is 26.0 Å². The standard InChI is InChI=1S/C20H16F3N3O7/c1-10-6-13(11(2)25(10)9-20(21,22)23)15(27)8-33-16(28)7-24-18(29)12-4-3-5-14(26(31)32)17(12)19(24)30/h3-6H,7-9H2,1-2H3. The Labute approximate surface area is 183 Å². The lowest BCUT2D eigenvalue weighted by molar-refractivity contribution is -0.385. The van der Waals surface area contributed by atoms with E-state index in [0.717, 1.165) is 10.6 Å². The number of ketones is 1. The van der Waals surface area contributed by atoms with Crippen molar-refractivity contribution in [3.63, 3.8) is 0 Å². The number of halogens is 3. The topological polar surface area (TPSA) is 129 Å². The number of amides is 2. The highest BCUT2D eigenvalue weighted by Gasteiger charge is 2.42. The second-order valence-corrected chi connectivity index (χ2v) is 7.22. The third-order valence-corrected chi connectivity index (χ3v) is 5.04. The molecule has 2 amide bonds. The van der Waals surface area contributed by atoms with Crippen LogP contribution in [-0.4, -0.2) is 57.3 Å². The molecule has 0 unspecified atom stereocenters. The van der Waals surface area contributed by atoms with Crippen LogP contribution in [0.5, 0.6) is 0 Å². The molecule has 13 heteroatoms. The molecule has 1 aliphatic heterocycles. The van der Waals surface area contributed by atoms with Crippen molar-refractivity contribution < 1.29 is 42.0 Å². The third-order valence-electron chi connectivity index (χ3n) is 5.04.